The molecule has 8 nitrogen and oxygen atoms in total. The van der Waals surface area contributed by atoms with Crippen molar-refractivity contribution in [3.8, 4) is 5.75 Å². The average molecular weight is 482 g/mol. The highest BCUT2D eigenvalue weighted by molar-refractivity contribution is 7.92. The molecule has 9 heteroatoms. The van der Waals surface area contributed by atoms with Crippen LogP contribution in [0, 0.1) is 0 Å². The molecule has 2 N–H and O–H groups in total. The fourth-order valence-electron chi connectivity index (χ4n) is 3.24. The zero-order valence-electron chi connectivity index (χ0n) is 19.0. The predicted molar refractivity (Wildman–Crippen MR) is 132 cm³/mol. The van der Waals surface area contributed by atoms with Crippen LogP contribution in [0.15, 0.2) is 83.8 Å². The van der Waals surface area contributed by atoms with Crippen LogP contribution in [0.4, 0.5) is 11.4 Å². The minimum absolute atomic E-state index is 0.0463. The SMILES string of the molecule is CCCNC(=O)c1ccccc1NC(=O)CN(c1cccc(OC)c1)S(=O)(=O)c1ccccc1. The molecule has 0 aliphatic carbocycles. The number of hydrogen-bond donors (Lipinski definition) is 2. The van der Waals surface area contributed by atoms with E-state index in [2.05, 4.69) is 10.6 Å². The van der Waals surface area contributed by atoms with Crippen LogP contribution in [-0.2, 0) is 14.8 Å². The summed E-state index contributed by atoms with van der Waals surface area (Å²) in [6.07, 6.45) is 0.771. The van der Waals surface area contributed by atoms with Gasteiger partial charge in [-0.1, -0.05) is 43.3 Å². The van der Waals surface area contributed by atoms with E-state index >= 15 is 0 Å². The van der Waals surface area contributed by atoms with Crippen molar-refractivity contribution < 1.29 is 22.7 Å². The van der Waals surface area contributed by atoms with Crippen LogP contribution in [0.3, 0.4) is 0 Å². The van der Waals surface area contributed by atoms with E-state index in [0.29, 0.717) is 23.5 Å². The molecule has 0 unspecified atom stereocenters. The Balaban J connectivity index is 1.92. The molecule has 0 atom stereocenters. The first-order chi connectivity index (χ1) is 16.4. The number of hydrogen-bond acceptors (Lipinski definition) is 5. The molecular formula is C25H27N3O5S. The van der Waals surface area contributed by atoms with Gasteiger partial charge in [-0.15, -0.1) is 0 Å². The van der Waals surface area contributed by atoms with Gasteiger partial charge in [-0.25, -0.2) is 8.42 Å². The van der Waals surface area contributed by atoms with Crippen LogP contribution < -0.4 is 19.7 Å². The standard InChI is InChI=1S/C25H27N3O5S/c1-3-16-26-25(30)22-14-7-8-15-23(22)27-24(29)18-28(19-10-9-11-20(17-19)33-2)34(31,32)21-12-5-4-6-13-21/h4-15,17H,3,16,18H2,1-2H3,(H,26,30)(H,27,29). The Morgan fingerprint density at radius 3 is 2.35 bits per heavy atom. The molecule has 2 amide bonds. The van der Waals surface area contributed by atoms with Crippen LogP contribution in [0.1, 0.15) is 23.7 Å². The number of sulfonamides is 1. The molecule has 0 aliphatic heterocycles. The van der Waals surface area contributed by atoms with Gasteiger partial charge in [-0.05, 0) is 42.8 Å². The van der Waals surface area contributed by atoms with Crippen molar-refractivity contribution >= 4 is 33.2 Å². The summed E-state index contributed by atoms with van der Waals surface area (Å²) in [5.41, 5.74) is 0.860. The Labute approximate surface area is 199 Å². The summed E-state index contributed by atoms with van der Waals surface area (Å²) in [5, 5.41) is 5.46. The summed E-state index contributed by atoms with van der Waals surface area (Å²) in [5.74, 6) is -0.471. The third-order valence-electron chi connectivity index (χ3n) is 4.94. The van der Waals surface area contributed by atoms with E-state index in [4.69, 9.17) is 4.74 Å². The van der Waals surface area contributed by atoms with E-state index in [-0.39, 0.29) is 16.5 Å². The summed E-state index contributed by atoms with van der Waals surface area (Å²) in [6.45, 7) is 1.93. The Morgan fingerprint density at radius 2 is 1.65 bits per heavy atom. The third kappa shape index (κ3) is 5.93. The van der Waals surface area contributed by atoms with Crippen LogP contribution in [0.2, 0.25) is 0 Å². The predicted octanol–water partition coefficient (Wildman–Crippen LogP) is 3.67. The zero-order chi connectivity index (χ0) is 24.6. The minimum atomic E-state index is -4.07. The van der Waals surface area contributed by atoms with E-state index in [1.807, 2.05) is 6.92 Å². The second-order valence-corrected chi connectivity index (χ2v) is 9.24. The number of nitrogens with one attached hydrogen (secondary N) is 2. The van der Waals surface area contributed by atoms with Crippen molar-refractivity contribution in [1.82, 2.24) is 5.32 Å². The molecule has 0 heterocycles. The van der Waals surface area contributed by atoms with Gasteiger partial charge < -0.3 is 15.4 Å². The van der Waals surface area contributed by atoms with E-state index in [1.165, 1.54) is 19.2 Å². The molecule has 0 aliphatic rings. The normalized spacial score (nSPS) is 10.9. The topological polar surface area (TPSA) is 105 Å². The van der Waals surface area contributed by atoms with E-state index in [9.17, 15) is 18.0 Å². The molecule has 178 valence electrons. The Morgan fingerprint density at radius 1 is 0.941 bits per heavy atom. The molecule has 34 heavy (non-hydrogen) atoms. The minimum Gasteiger partial charge on any atom is -0.497 e. The van der Waals surface area contributed by atoms with Gasteiger partial charge in [-0.2, -0.15) is 0 Å². The van der Waals surface area contributed by atoms with Crippen LogP contribution >= 0.6 is 0 Å². The van der Waals surface area contributed by atoms with E-state index < -0.39 is 22.5 Å². The van der Waals surface area contributed by atoms with Crippen LogP contribution in [0.5, 0.6) is 5.75 Å². The Bertz CT molecular complexity index is 1250. The van der Waals surface area contributed by atoms with Crippen LogP contribution in [-0.4, -0.2) is 40.4 Å². The molecule has 0 saturated heterocycles. The monoisotopic (exact) mass is 481 g/mol. The van der Waals surface area contributed by atoms with E-state index in [1.54, 1.807) is 66.7 Å². The summed E-state index contributed by atoms with van der Waals surface area (Å²) in [6, 6.07) is 20.9. The zero-order valence-corrected chi connectivity index (χ0v) is 19.8. The lowest BCUT2D eigenvalue weighted by atomic mass is 10.1. The van der Waals surface area contributed by atoms with Gasteiger partial charge >= 0.3 is 0 Å². The quantitative estimate of drug-likeness (QED) is 0.460. The van der Waals surface area contributed by atoms with Gasteiger partial charge in [0.1, 0.15) is 12.3 Å². The average Bonchev–Trinajstić information content (AvgIpc) is 2.86. The maximum Gasteiger partial charge on any atom is 0.264 e. The van der Waals surface area contributed by atoms with Gasteiger partial charge in [0.05, 0.1) is 28.9 Å². The second kappa shape index (κ2) is 11.3. The Hall–Kier alpha value is -3.85. The highest BCUT2D eigenvalue weighted by Gasteiger charge is 2.28. The van der Waals surface area contributed by atoms with Crippen molar-refractivity contribution in [3.05, 3.63) is 84.4 Å². The smallest absolute Gasteiger partial charge is 0.264 e. The maximum absolute atomic E-state index is 13.5. The van der Waals surface area contributed by atoms with Gasteiger partial charge in [-0.3, -0.25) is 13.9 Å². The number of ether oxygens (including phenoxy) is 1. The maximum atomic E-state index is 13.5. The number of para-hydroxylation sites is 1. The lowest BCUT2D eigenvalue weighted by molar-refractivity contribution is -0.114. The fourth-order valence-corrected chi connectivity index (χ4v) is 4.68. The van der Waals surface area contributed by atoms with Gasteiger partial charge in [0.2, 0.25) is 5.91 Å². The molecule has 0 spiro atoms. The van der Waals surface area contributed by atoms with Crippen molar-refractivity contribution in [3.63, 3.8) is 0 Å². The third-order valence-corrected chi connectivity index (χ3v) is 6.73. The first-order valence-corrected chi connectivity index (χ1v) is 12.2. The number of rotatable bonds is 10. The van der Waals surface area contributed by atoms with Crippen molar-refractivity contribution in [1.29, 1.82) is 0 Å². The van der Waals surface area contributed by atoms with Crippen molar-refractivity contribution in [2.45, 2.75) is 18.2 Å². The lowest BCUT2D eigenvalue weighted by Gasteiger charge is -2.24. The number of amides is 2. The number of anilines is 2. The molecule has 3 aromatic rings. The number of carbonyl (C=O) groups excluding carboxylic acids is 2. The summed E-state index contributed by atoms with van der Waals surface area (Å²) >= 11 is 0. The largest absolute Gasteiger partial charge is 0.497 e. The molecule has 0 bridgehead atoms. The molecule has 0 saturated carbocycles. The first-order valence-electron chi connectivity index (χ1n) is 10.8. The Kier molecular flexibility index (Phi) is 8.26. The number of benzene rings is 3. The summed E-state index contributed by atoms with van der Waals surface area (Å²) in [7, 11) is -2.59. The molecule has 0 fully saturated rings. The number of methoxy groups -OCH3 is 1. The van der Waals surface area contributed by atoms with Crippen LogP contribution in [0.25, 0.3) is 0 Å². The summed E-state index contributed by atoms with van der Waals surface area (Å²) < 4.78 is 33.2. The van der Waals surface area contributed by atoms with Gasteiger partial charge in [0.15, 0.2) is 0 Å². The molecule has 0 radical (unpaired) electrons. The molecule has 0 aromatic heterocycles. The highest BCUT2D eigenvalue weighted by Crippen LogP contribution is 2.27. The number of nitrogens with zero attached hydrogens (tertiary/aromatic N) is 1. The fraction of sp³-hybridized carbons (Fsp3) is 0.200. The second-order valence-electron chi connectivity index (χ2n) is 7.38. The van der Waals surface area contributed by atoms with Gasteiger partial charge in [0.25, 0.3) is 15.9 Å². The van der Waals surface area contributed by atoms with Gasteiger partial charge in [0, 0.05) is 12.6 Å². The van der Waals surface area contributed by atoms with Crippen molar-refractivity contribution in [2.75, 3.05) is 29.8 Å². The lowest BCUT2D eigenvalue weighted by Crippen LogP contribution is -2.38. The first kappa shape index (κ1) is 24.8. The highest BCUT2D eigenvalue weighted by atomic mass is 32.2. The van der Waals surface area contributed by atoms with Crippen molar-refractivity contribution in [2.24, 2.45) is 0 Å². The van der Waals surface area contributed by atoms with E-state index in [0.717, 1.165) is 10.7 Å². The number of carbonyl (C=O) groups is 2. The molecule has 3 rings (SSSR count). The molecule has 3 aromatic carbocycles. The molecular weight excluding hydrogens is 454 g/mol. The summed E-state index contributed by atoms with van der Waals surface area (Å²) in [4.78, 5) is 25.6.